The van der Waals surface area contributed by atoms with Gasteiger partial charge in [0.2, 0.25) is 0 Å². The summed E-state index contributed by atoms with van der Waals surface area (Å²) in [5, 5.41) is 1.09. The number of fused-ring (bicyclic) bond motifs is 1. The van der Waals surface area contributed by atoms with Gasteiger partial charge in [-0.25, -0.2) is 4.79 Å². The van der Waals surface area contributed by atoms with E-state index in [1.807, 2.05) is 12.1 Å². The quantitative estimate of drug-likeness (QED) is 0.496. The first-order chi connectivity index (χ1) is 12.0. The van der Waals surface area contributed by atoms with Crippen LogP contribution in [0.15, 0.2) is 51.7 Å². The summed E-state index contributed by atoms with van der Waals surface area (Å²) in [6, 6.07) is 12.0. The average molecular weight is 357 g/mol. The van der Waals surface area contributed by atoms with Crippen molar-refractivity contribution >= 4 is 28.4 Å². The fourth-order valence-corrected chi connectivity index (χ4v) is 2.80. The Bertz CT molecular complexity index is 987. The Morgan fingerprint density at radius 3 is 2.56 bits per heavy atom. The molecule has 0 aliphatic heterocycles. The molecule has 0 fully saturated rings. The van der Waals surface area contributed by atoms with Gasteiger partial charge in [-0.2, -0.15) is 0 Å². The molecule has 0 saturated carbocycles. The van der Waals surface area contributed by atoms with E-state index >= 15 is 0 Å². The van der Waals surface area contributed by atoms with Crippen molar-refractivity contribution in [3.05, 3.63) is 74.6 Å². The summed E-state index contributed by atoms with van der Waals surface area (Å²) in [6.07, 6.45) is 0.919. The van der Waals surface area contributed by atoms with Crippen LogP contribution in [0.5, 0.6) is 5.75 Å². The molecule has 0 aliphatic carbocycles. The first-order valence-electron chi connectivity index (χ1n) is 7.97. The lowest BCUT2D eigenvalue weighted by molar-refractivity contribution is 0.0921. The van der Waals surface area contributed by atoms with E-state index in [9.17, 15) is 9.59 Å². The van der Waals surface area contributed by atoms with Crippen LogP contribution in [-0.2, 0) is 6.42 Å². The molecule has 0 amide bonds. The lowest BCUT2D eigenvalue weighted by Crippen LogP contribution is -2.12. The fourth-order valence-electron chi connectivity index (χ4n) is 2.58. The highest BCUT2D eigenvalue weighted by molar-refractivity contribution is 6.32. The van der Waals surface area contributed by atoms with Crippen LogP contribution in [0.1, 0.15) is 28.4 Å². The molecule has 0 spiro atoms. The number of benzene rings is 2. The number of carbonyl (C=O) groups is 1. The van der Waals surface area contributed by atoms with Crippen molar-refractivity contribution in [2.45, 2.75) is 20.3 Å². The van der Waals surface area contributed by atoms with Crippen LogP contribution < -0.4 is 10.4 Å². The third-order valence-corrected chi connectivity index (χ3v) is 4.34. The van der Waals surface area contributed by atoms with Gasteiger partial charge in [0.1, 0.15) is 11.3 Å². The minimum atomic E-state index is -0.439. The summed E-state index contributed by atoms with van der Waals surface area (Å²) in [6.45, 7) is 3.72. The highest BCUT2D eigenvalue weighted by Gasteiger charge is 2.12. The van der Waals surface area contributed by atoms with Crippen molar-refractivity contribution in [2.75, 3.05) is 6.61 Å². The van der Waals surface area contributed by atoms with Gasteiger partial charge in [0.05, 0.1) is 5.02 Å². The van der Waals surface area contributed by atoms with E-state index in [4.69, 9.17) is 20.8 Å². The molecule has 0 bridgehead atoms. The molecule has 1 aromatic heterocycles. The van der Waals surface area contributed by atoms with E-state index in [-0.39, 0.29) is 12.4 Å². The van der Waals surface area contributed by atoms with Gasteiger partial charge in [0, 0.05) is 23.1 Å². The van der Waals surface area contributed by atoms with Crippen molar-refractivity contribution < 1.29 is 13.9 Å². The average Bonchev–Trinajstić information content (AvgIpc) is 2.60. The van der Waals surface area contributed by atoms with Crippen LogP contribution in [0.25, 0.3) is 11.0 Å². The Hall–Kier alpha value is -2.59. The minimum Gasteiger partial charge on any atom is -0.484 e. The van der Waals surface area contributed by atoms with Gasteiger partial charge >= 0.3 is 5.63 Å². The maximum Gasteiger partial charge on any atom is 0.336 e. The molecule has 5 heteroatoms. The van der Waals surface area contributed by atoms with E-state index in [2.05, 4.69) is 6.92 Å². The van der Waals surface area contributed by atoms with Crippen LogP contribution in [0.3, 0.4) is 0 Å². The first-order valence-corrected chi connectivity index (χ1v) is 8.34. The molecule has 128 valence electrons. The first kappa shape index (κ1) is 17.2. The van der Waals surface area contributed by atoms with Crippen LogP contribution in [0.4, 0.5) is 0 Å². The van der Waals surface area contributed by atoms with Crippen molar-refractivity contribution in [1.29, 1.82) is 0 Å². The maximum atomic E-state index is 12.3. The van der Waals surface area contributed by atoms with Crippen LogP contribution in [-0.4, -0.2) is 12.4 Å². The Balaban J connectivity index is 1.81. The summed E-state index contributed by atoms with van der Waals surface area (Å²) >= 11 is 6.23. The second kappa shape index (κ2) is 7.11. The van der Waals surface area contributed by atoms with Crippen molar-refractivity contribution in [1.82, 2.24) is 0 Å². The van der Waals surface area contributed by atoms with E-state index in [1.54, 1.807) is 31.2 Å². The molecule has 0 aliphatic rings. The van der Waals surface area contributed by atoms with Gasteiger partial charge in [0.15, 0.2) is 12.4 Å². The smallest absolute Gasteiger partial charge is 0.336 e. The fraction of sp³-hybridized carbons (Fsp3) is 0.200. The van der Waals surface area contributed by atoms with Crippen molar-refractivity contribution in [3.63, 3.8) is 0 Å². The van der Waals surface area contributed by atoms with E-state index in [0.29, 0.717) is 21.9 Å². The number of ketones is 1. The van der Waals surface area contributed by atoms with Crippen LogP contribution in [0.2, 0.25) is 5.02 Å². The van der Waals surface area contributed by atoms with Gasteiger partial charge in [-0.3, -0.25) is 4.79 Å². The molecule has 25 heavy (non-hydrogen) atoms. The topological polar surface area (TPSA) is 56.5 Å². The molecule has 2 aromatic carbocycles. The molecule has 0 atom stereocenters. The number of hydrogen-bond donors (Lipinski definition) is 0. The lowest BCUT2D eigenvalue weighted by Gasteiger charge is -2.09. The highest BCUT2D eigenvalue weighted by Crippen LogP contribution is 2.31. The maximum absolute atomic E-state index is 12.3. The highest BCUT2D eigenvalue weighted by atomic mass is 35.5. The summed E-state index contributed by atoms with van der Waals surface area (Å²) < 4.78 is 10.7. The predicted octanol–water partition coefficient (Wildman–Crippen LogP) is 4.58. The summed E-state index contributed by atoms with van der Waals surface area (Å²) in [4.78, 5) is 23.8. The van der Waals surface area contributed by atoms with E-state index < -0.39 is 5.63 Å². The zero-order valence-electron chi connectivity index (χ0n) is 14.0. The van der Waals surface area contributed by atoms with Gasteiger partial charge in [-0.05, 0) is 30.5 Å². The molecule has 3 rings (SSSR count). The molecule has 0 unspecified atom stereocenters. The molecular formula is C20H17ClO4. The van der Waals surface area contributed by atoms with Crippen molar-refractivity contribution in [3.8, 4) is 5.75 Å². The number of carbonyl (C=O) groups excluding carboxylic acids is 1. The number of rotatable bonds is 5. The van der Waals surface area contributed by atoms with E-state index in [0.717, 1.165) is 17.4 Å². The summed E-state index contributed by atoms with van der Waals surface area (Å²) in [5.74, 6) is 0.158. The second-order valence-electron chi connectivity index (χ2n) is 5.79. The third kappa shape index (κ3) is 3.74. The standard InChI is InChI=1S/C20H17ClO4/c1-3-13-4-6-14(7-5-13)17(22)11-24-19-10-18-15(9-16(19)21)12(2)8-20(23)25-18/h4-10H,3,11H2,1-2H3. The molecule has 0 N–H and O–H groups in total. The van der Waals surface area contributed by atoms with Gasteiger partial charge in [-0.1, -0.05) is 42.8 Å². The Kier molecular flexibility index (Phi) is 4.91. The monoisotopic (exact) mass is 356 g/mol. The van der Waals surface area contributed by atoms with Gasteiger partial charge in [0.25, 0.3) is 0 Å². The molecule has 4 nitrogen and oxygen atoms in total. The SMILES string of the molecule is CCc1ccc(C(=O)COc2cc3oc(=O)cc(C)c3cc2Cl)cc1. The normalized spacial score (nSPS) is 10.8. The largest absolute Gasteiger partial charge is 0.484 e. The summed E-state index contributed by atoms with van der Waals surface area (Å²) in [7, 11) is 0. The molecule has 3 aromatic rings. The predicted molar refractivity (Wildman–Crippen MR) is 97.9 cm³/mol. The number of ether oxygens (including phenoxy) is 1. The Labute approximate surface area is 150 Å². The van der Waals surface area contributed by atoms with Crippen LogP contribution in [0, 0.1) is 6.92 Å². The number of aryl methyl sites for hydroxylation is 2. The Morgan fingerprint density at radius 1 is 1.16 bits per heavy atom. The molecule has 1 heterocycles. The Morgan fingerprint density at radius 2 is 1.88 bits per heavy atom. The summed E-state index contributed by atoms with van der Waals surface area (Å²) in [5.41, 5.74) is 2.46. The zero-order valence-corrected chi connectivity index (χ0v) is 14.7. The number of halogens is 1. The second-order valence-corrected chi connectivity index (χ2v) is 6.20. The minimum absolute atomic E-state index is 0.146. The number of Topliss-reactive ketones (excluding diaryl/α,β-unsaturated/α-hetero) is 1. The van der Waals surface area contributed by atoms with E-state index in [1.165, 1.54) is 11.6 Å². The number of hydrogen-bond acceptors (Lipinski definition) is 4. The van der Waals surface area contributed by atoms with Gasteiger partial charge in [-0.15, -0.1) is 0 Å². The molecular weight excluding hydrogens is 340 g/mol. The third-order valence-electron chi connectivity index (χ3n) is 4.05. The molecule has 0 saturated heterocycles. The lowest BCUT2D eigenvalue weighted by atomic mass is 10.1. The van der Waals surface area contributed by atoms with Gasteiger partial charge < -0.3 is 9.15 Å². The van der Waals surface area contributed by atoms with Crippen LogP contribution >= 0.6 is 11.6 Å². The van der Waals surface area contributed by atoms with Crippen molar-refractivity contribution in [2.24, 2.45) is 0 Å². The zero-order chi connectivity index (χ0) is 18.0. The molecule has 0 radical (unpaired) electrons.